The SMILES string of the molecule is CC(C)C[C@H](NC(=O)[C@H](CC(C)C)NC(=O)[C@H](CCCC[NH3+])NC(=O)[C@H](CCCNC(N)N)NC(=O)[C@H](C)NC(=O)[C@@H]1CCCN1C(=O)[C@H](CC(=O)O)NC(=O)[C@H](Cc1ccc(O)cc1)NC(=O)[C@H](C)[NH3+])C(=O)O. The second kappa shape index (κ2) is 32.0. The summed E-state index contributed by atoms with van der Waals surface area (Å²) in [5, 5.41) is 50.2. The van der Waals surface area contributed by atoms with E-state index in [-0.39, 0.29) is 75.6 Å². The van der Waals surface area contributed by atoms with Crippen LogP contribution in [0.4, 0.5) is 0 Å². The molecular weight excluding hydrogens is 967 g/mol. The van der Waals surface area contributed by atoms with Crippen LogP contribution < -0.4 is 65.5 Å². The van der Waals surface area contributed by atoms with Gasteiger partial charge in [0.05, 0.1) is 13.0 Å². The molecular formula is C48H83N13O13+2. The van der Waals surface area contributed by atoms with Gasteiger partial charge in [0.1, 0.15) is 60.4 Å². The van der Waals surface area contributed by atoms with E-state index in [2.05, 4.69) is 54.0 Å². The lowest BCUT2D eigenvalue weighted by Crippen LogP contribution is -2.67. The number of aromatic hydroxyl groups is 1. The summed E-state index contributed by atoms with van der Waals surface area (Å²) in [4.78, 5) is 135. The summed E-state index contributed by atoms with van der Waals surface area (Å²) in [6.45, 7) is 10.8. The van der Waals surface area contributed by atoms with Gasteiger partial charge in [0, 0.05) is 13.0 Å². The first-order valence-corrected chi connectivity index (χ1v) is 25.3. The Labute approximate surface area is 431 Å². The van der Waals surface area contributed by atoms with Gasteiger partial charge >= 0.3 is 11.9 Å². The molecule has 26 heteroatoms. The van der Waals surface area contributed by atoms with Crippen molar-refractivity contribution in [2.45, 2.75) is 173 Å². The first kappa shape index (κ1) is 63.6. The predicted molar refractivity (Wildman–Crippen MR) is 268 cm³/mol. The Bertz CT molecular complexity index is 2060. The molecule has 0 radical (unpaired) electrons. The fourth-order valence-electron chi connectivity index (χ4n) is 8.06. The van der Waals surface area contributed by atoms with Crippen LogP contribution in [-0.2, 0) is 54.4 Å². The van der Waals surface area contributed by atoms with Gasteiger partial charge in [-0.25, -0.2) is 4.79 Å². The highest BCUT2D eigenvalue weighted by Crippen LogP contribution is 2.21. The molecule has 0 aliphatic carbocycles. The summed E-state index contributed by atoms with van der Waals surface area (Å²) in [5.74, 6) is -9.10. The minimum Gasteiger partial charge on any atom is -0.508 e. The highest BCUT2D eigenvalue weighted by atomic mass is 16.4. The molecule has 0 aromatic heterocycles. The lowest BCUT2D eigenvalue weighted by Gasteiger charge is -2.30. The molecule has 1 saturated heterocycles. The van der Waals surface area contributed by atoms with E-state index in [0.717, 1.165) is 4.90 Å². The molecule has 1 heterocycles. The fraction of sp³-hybridized carbons (Fsp3) is 0.667. The van der Waals surface area contributed by atoms with Gasteiger partial charge in [-0.3, -0.25) is 48.5 Å². The van der Waals surface area contributed by atoms with Crippen molar-refractivity contribution in [2.75, 3.05) is 19.6 Å². The third kappa shape index (κ3) is 22.7. The molecule has 74 heavy (non-hydrogen) atoms. The number of hydrogen-bond donors (Lipinski definition) is 15. The minimum atomic E-state index is -1.69. The molecule has 1 aliphatic rings. The van der Waals surface area contributed by atoms with Gasteiger partial charge in [0.25, 0.3) is 5.91 Å². The number of benzene rings is 1. The Morgan fingerprint density at radius 1 is 0.649 bits per heavy atom. The van der Waals surface area contributed by atoms with Gasteiger partial charge < -0.3 is 80.4 Å². The van der Waals surface area contributed by atoms with E-state index in [4.69, 9.17) is 11.5 Å². The zero-order valence-electron chi connectivity index (χ0n) is 43.6. The van der Waals surface area contributed by atoms with Crippen molar-refractivity contribution in [3.63, 3.8) is 0 Å². The van der Waals surface area contributed by atoms with Crippen molar-refractivity contribution in [2.24, 2.45) is 23.3 Å². The second-order valence-electron chi connectivity index (χ2n) is 19.7. The van der Waals surface area contributed by atoms with Crippen LogP contribution in [0.15, 0.2) is 24.3 Å². The van der Waals surface area contributed by atoms with Crippen molar-refractivity contribution in [3.05, 3.63) is 29.8 Å². The predicted octanol–water partition coefficient (Wildman–Crippen LogP) is -4.40. The standard InChI is InChI=1S/C48H81N13O13/c1-25(2)21-33(43(69)60-36(47(73)74)22-26(3)4)58-42(68)31(11-7-8-18-49)56-41(67)32(12-9-19-53-48(51)52)55-40(66)28(6)54-45(71)37-13-10-20-61(37)46(72)35(24-38(63)64)59-44(70)34(57-39(65)27(5)50)23-29-14-16-30(62)17-15-29/h14-17,25-28,31-37,48,53,62H,7-13,18-24,49-52H2,1-6H3,(H,54,71)(H,55,66)(H,56,67)(H,57,65)(H,58,68)(H,59,70)(H,60,69)(H,63,64)(H,73,74)/p+2/t27-,28-,31-,32-,33-,34-,35-,36-,37-/m0/s1. The van der Waals surface area contributed by atoms with Crippen molar-refractivity contribution >= 4 is 59.2 Å². The Balaban J connectivity index is 2.32. The molecule has 1 aromatic rings. The molecule has 8 amide bonds. The topological polar surface area (TPSA) is 438 Å². The molecule has 1 aromatic carbocycles. The second-order valence-corrected chi connectivity index (χ2v) is 19.7. The average Bonchev–Trinajstić information content (AvgIpc) is 3.81. The molecule has 0 spiro atoms. The molecule has 21 N–H and O–H groups in total. The minimum absolute atomic E-state index is 0.00763. The number of quaternary nitrogens is 2. The average molecular weight is 1050 g/mol. The van der Waals surface area contributed by atoms with Crippen molar-refractivity contribution < 1.29 is 74.7 Å². The van der Waals surface area contributed by atoms with E-state index in [1.54, 1.807) is 0 Å². The number of carboxylic acids is 2. The lowest BCUT2D eigenvalue weighted by molar-refractivity contribution is -0.398. The lowest BCUT2D eigenvalue weighted by atomic mass is 9.99. The third-order valence-electron chi connectivity index (χ3n) is 12.0. The van der Waals surface area contributed by atoms with Crippen molar-refractivity contribution in [1.82, 2.24) is 47.4 Å². The summed E-state index contributed by atoms with van der Waals surface area (Å²) >= 11 is 0. The summed E-state index contributed by atoms with van der Waals surface area (Å²) < 4.78 is 0. The van der Waals surface area contributed by atoms with Gasteiger partial charge in [0.2, 0.25) is 41.4 Å². The van der Waals surface area contributed by atoms with Crippen LogP contribution in [0.1, 0.15) is 111 Å². The largest absolute Gasteiger partial charge is 0.508 e. The van der Waals surface area contributed by atoms with Crippen molar-refractivity contribution in [1.29, 1.82) is 0 Å². The number of carbonyl (C=O) groups excluding carboxylic acids is 8. The van der Waals surface area contributed by atoms with Gasteiger partial charge in [-0.1, -0.05) is 39.8 Å². The molecule has 416 valence electrons. The number of amides is 8. The highest BCUT2D eigenvalue weighted by Gasteiger charge is 2.40. The number of nitrogens with two attached hydrogens (primary N) is 2. The number of nitrogens with zero attached hydrogens (tertiary/aromatic N) is 1. The van der Waals surface area contributed by atoms with E-state index in [9.17, 15) is 63.3 Å². The number of carboxylic acid groups (broad SMARTS) is 2. The highest BCUT2D eigenvalue weighted by molar-refractivity contribution is 5.99. The molecule has 1 fully saturated rings. The number of unbranched alkanes of at least 4 members (excludes halogenated alkanes) is 1. The van der Waals surface area contributed by atoms with E-state index in [0.29, 0.717) is 31.4 Å². The van der Waals surface area contributed by atoms with Crippen LogP contribution in [0.5, 0.6) is 5.75 Å². The normalized spacial score (nSPS) is 16.7. The molecule has 0 saturated carbocycles. The zero-order valence-corrected chi connectivity index (χ0v) is 43.6. The van der Waals surface area contributed by atoms with Gasteiger partial charge in [-0.05, 0) is 108 Å². The van der Waals surface area contributed by atoms with Gasteiger partial charge in [-0.15, -0.1) is 0 Å². The van der Waals surface area contributed by atoms with Crippen molar-refractivity contribution in [3.8, 4) is 5.75 Å². The maximum Gasteiger partial charge on any atom is 0.326 e. The van der Waals surface area contributed by atoms with Crippen LogP contribution in [-0.4, -0.2) is 160 Å². The fourth-order valence-corrected chi connectivity index (χ4v) is 8.06. The summed E-state index contributed by atoms with van der Waals surface area (Å²) in [5.41, 5.74) is 19.3. The van der Waals surface area contributed by atoms with Crippen LogP contribution >= 0.6 is 0 Å². The third-order valence-corrected chi connectivity index (χ3v) is 12.0. The number of likely N-dealkylation sites (tertiary alicyclic amines) is 1. The Morgan fingerprint density at radius 3 is 1.69 bits per heavy atom. The number of rotatable bonds is 33. The van der Waals surface area contributed by atoms with E-state index in [1.165, 1.54) is 38.1 Å². The number of aliphatic carboxylic acids is 2. The Morgan fingerprint density at radius 2 is 1.15 bits per heavy atom. The molecule has 9 atom stereocenters. The van der Waals surface area contributed by atoms with Gasteiger partial charge in [-0.2, -0.15) is 0 Å². The first-order valence-electron chi connectivity index (χ1n) is 25.3. The quantitative estimate of drug-likeness (QED) is 0.0234. The number of phenolic OH excluding ortho intramolecular Hbond substituents is 1. The Kier molecular flexibility index (Phi) is 27.5. The molecule has 0 bridgehead atoms. The molecule has 26 nitrogen and oxygen atoms in total. The van der Waals surface area contributed by atoms with E-state index in [1.807, 2.05) is 27.7 Å². The molecule has 2 rings (SSSR count). The zero-order chi connectivity index (χ0) is 55.8. The van der Waals surface area contributed by atoms with Crippen LogP contribution in [0.25, 0.3) is 0 Å². The first-order chi connectivity index (χ1) is 34.7. The molecule has 0 unspecified atom stereocenters. The summed E-state index contributed by atoms with van der Waals surface area (Å²) in [6, 6.07) is -5.37. The molecule has 1 aliphatic heterocycles. The summed E-state index contributed by atoms with van der Waals surface area (Å²) in [7, 11) is 0. The maximum absolute atomic E-state index is 14.1. The van der Waals surface area contributed by atoms with E-state index < -0.39 is 126 Å². The number of hydrogen-bond acceptors (Lipinski definition) is 14. The summed E-state index contributed by atoms with van der Waals surface area (Å²) in [6.07, 6.45) is 0.220. The van der Waals surface area contributed by atoms with Gasteiger partial charge in [0.15, 0.2) is 6.04 Å². The van der Waals surface area contributed by atoms with E-state index >= 15 is 0 Å². The van der Waals surface area contributed by atoms with Crippen LogP contribution in [0.2, 0.25) is 0 Å². The van der Waals surface area contributed by atoms with Crippen LogP contribution in [0.3, 0.4) is 0 Å². The smallest absolute Gasteiger partial charge is 0.326 e. The number of carbonyl (C=O) groups is 10. The number of phenols is 1. The monoisotopic (exact) mass is 1050 g/mol. The maximum atomic E-state index is 14.1. The Hall–Kier alpha value is -6.48. The number of nitrogens with one attached hydrogen (secondary N) is 8. The van der Waals surface area contributed by atoms with Crippen LogP contribution in [0, 0.1) is 11.8 Å².